The summed E-state index contributed by atoms with van der Waals surface area (Å²) in [7, 11) is -3.95. The van der Waals surface area contributed by atoms with Gasteiger partial charge in [-0.1, -0.05) is 92.2 Å². The van der Waals surface area contributed by atoms with Crippen LogP contribution in [-0.4, -0.2) is 31.3 Å². The summed E-state index contributed by atoms with van der Waals surface area (Å²) in [5, 5.41) is 2.06. The second-order valence-corrected chi connectivity index (χ2v) is 11.1. The number of hydrazine groups is 1. The standard InChI is InChI=1S/C29H27ClN4O4S/c1-19(2)27(34-39(37,38)17-16-20-10-4-3-5-11-20)29(36)33-32-28(35)23-18-26(22-13-6-8-14-24(22)30)31-25-15-9-7-12-21(23)25/h3-19,27,34H,1-2H3,(H,32,35)(H,33,36)/b17-16+/t27-/m1/s1. The summed E-state index contributed by atoms with van der Waals surface area (Å²) in [6.45, 7) is 3.39. The smallest absolute Gasteiger partial charge is 0.270 e. The molecule has 1 heterocycles. The lowest BCUT2D eigenvalue weighted by atomic mass is 10.0. The number of rotatable bonds is 8. The monoisotopic (exact) mass is 562 g/mol. The molecule has 4 rings (SSSR count). The van der Waals surface area contributed by atoms with Gasteiger partial charge in [-0.15, -0.1) is 0 Å². The van der Waals surface area contributed by atoms with Crippen molar-refractivity contribution < 1.29 is 18.0 Å². The van der Waals surface area contributed by atoms with Gasteiger partial charge in [-0.3, -0.25) is 20.4 Å². The normalized spacial score (nSPS) is 12.5. The Morgan fingerprint density at radius 3 is 2.28 bits per heavy atom. The summed E-state index contributed by atoms with van der Waals surface area (Å²) in [5.41, 5.74) is 7.45. The Balaban J connectivity index is 1.52. The zero-order valence-corrected chi connectivity index (χ0v) is 22.8. The van der Waals surface area contributed by atoms with Crippen LogP contribution in [0.25, 0.3) is 28.2 Å². The molecule has 0 spiro atoms. The Kier molecular flexibility index (Phi) is 8.75. The van der Waals surface area contributed by atoms with Gasteiger partial charge >= 0.3 is 0 Å². The molecule has 0 aliphatic carbocycles. The van der Waals surface area contributed by atoms with E-state index in [4.69, 9.17) is 11.6 Å². The van der Waals surface area contributed by atoms with Gasteiger partial charge < -0.3 is 0 Å². The summed E-state index contributed by atoms with van der Waals surface area (Å²) >= 11 is 6.36. The van der Waals surface area contributed by atoms with Crippen molar-refractivity contribution in [3.8, 4) is 11.3 Å². The first kappa shape index (κ1) is 28.0. The molecule has 1 aromatic heterocycles. The summed E-state index contributed by atoms with van der Waals surface area (Å²) in [6.07, 6.45) is 1.44. The number of para-hydroxylation sites is 1. The molecule has 0 unspecified atom stereocenters. The van der Waals surface area contributed by atoms with Crippen molar-refractivity contribution in [2.75, 3.05) is 0 Å². The lowest BCUT2D eigenvalue weighted by Crippen LogP contribution is -2.54. The Hall–Kier alpha value is -4.05. The first-order valence-corrected chi connectivity index (χ1v) is 14.1. The van der Waals surface area contributed by atoms with Crippen molar-refractivity contribution in [2.24, 2.45) is 5.92 Å². The predicted octanol–water partition coefficient (Wildman–Crippen LogP) is 4.93. The van der Waals surface area contributed by atoms with Crippen LogP contribution in [0.1, 0.15) is 29.8 Å². The van der Waals surface area contributed by atoms with E-state index < -0.39 is 33.8 Å². The van der Waals surface area contributed by atoms with Crippen LogP contribution < -0.4 is 15.6 Å². The third-order valence-corrected chi connectivity index (χ3v) is 7.30. The van der Waals surface area contributed by atoms with Crippen LogP contribution in [0.5, 0.6) is 0 Å². The maximum atomic E-state index is 13.2. The lowest BCUT2D eigenvalue weighted by molar-refractivity contribution is -0.124. The van der Waals surface area contributed by atoms with E-state index in [1.54, 1.807) is 86.6 Å². The van der Waals surface area contributed by atoms with E-state index in [1.807, 2.05) is 12.1 Å². The maximum absolute atomic E-state index is 13.2. The second-order valence-electron chi connectivity index (χ2n) is 9.09. The van der Waals surface area contributed by atoms with Gasteiger partial charge in [0.1, 0.15) is 6.04 Å². The molecule has 0 saturated carbocycles. The minimum absolute atomic E-state index is 0.267. The van der Waals surface area contributed by atoms with Crippen LogP contribution in [0.15, 0.2) is 90.3 Å². The van der Waals surface area contributed by atoms with Crippen molar-refractivity contribution in [3.63, 3.8) is 0 Å². The number of hydrogen-bond acceptors (Lipinski definition) is 5. The number of hydrogen-bond donors (Lipinski definition) is 3. The first-order chi connectivity index (χ1) is 18.6. The van der Waals surface area contributed by atoms with Crippen LogP contribution in [0.2, 0.25) is 5.02 Å². The number of pyridine rings is 1. The molecule has 0 saturated heterocycles. The zero-order chi connectivity index (χ0) is 28.0. The fourth-order valence-electron chi connectivity index (χ4n) is 3.87. The van der Waals surface area contributed by atoms with Crippen molar-refractivity contribution >= 4 is 50.4 Å². The largest absolute Gasteiger partial charge is 0.271 e. The quantitative estimate of drug-likeness (QED) is 0.263. The molecular formula is C29H27ClN4O4S. The molecule has 4 aromatic rings. The fraction of sp³-hybridized carbons (Fsp3) is 0.138. The number of carbonyl (C=O) groups is 2. The Bertz CT molecular complexity index is 1640. The Labute approximate surface area is 232 Å². The van der Waals surface area contributed by atoms with E-state index in [9.17, 15) is 18.0 Å². The van der Waals surface area contributed by atoms with Crippen molar-refractivity contribution in [1.29, 1.82) is 0 Å². The van der Waals surface area contributed by atoms with Gasteiger partial charge in [0.05, 0.1) is 16.8 Å². The van der Waals surface area contributed by atoms with Crippen LogP contribution in [-0.2, 0) is 14.8 Å². The number of halogens is 1. The van der Waals surface area contributed by atoms with Gasteiger partial charge in [0, 0.05) is 21.4 Å². The van der Waals surface area contributed by atoms with Crippen molar-refractivity contribution in [1.82, 2.24) is 20.6 Å². The number of nitrogens with zero attached hydrogens (tertiary/aromatic N) is 1. The number of amides is 2. The highest BCUT2D eigenvalue weighted by atomic mass is 35.5. The molecule has 0 aliphatic heterocycles. The lowest BCUT2D eigenvalue weighted by Gasteiger charge is -2.21. The van der Waals surface area contributed by atoms with Gasteiger partial charge in [0.25, 0.3) is 11.8 Å². The molecule has 0 aliphatic rings. The molecule has 3 aromatic carbocycles. The molecule has 1 atom stereocenters. The van der Waals surface area contributed by atoms with E-state index in [0.717, 1.165) is 5.41 Å². The molecule has 3 N–H and O–H groups in total. The number of nitrogens with one attached hydrogen (secondary N) is 3. The highest BCUT2D eigenvalue weighted by molar-refractivity contribution is 7.92. The molecule has 8 nitrogen and oxygen atoms in total. The van der Waals surface area contributed by atoms with Crippen molar-refractivity contribution in [2.45, 2.75) is 19.9 Å². The number of benzene rings is 3. The van der Waals surface area contributed by atoms with Crippen LogP contribution in [0.4, 0.5) is 0 Å². The number of aromatic nitrogens is 1. The SMILES string of the molecule is CC(C)[C@@H](NS(=O)(=O)/C=C/c1ccccc1)C(=O)NNC(=O)c1cc(-c2ccccc2Cl)nc2ccccc12. The fourth-order valence-corrected chi connectivity index (χ4v) is 5.26. The molecule has 2 amide bonds. The molecule has 10 heteroatoms. The highest BCUT2D eigenvalue weighted by Crippen LogP contribution is 2.29. The van der Waals surface area contributed by atoms with E-state index >= 15 is 0 Å². The van der Waals surface area contributed by atoms with E-state index in [0.29, 0.717) is 32.7 Å². The number of fused-ring (bicyclic) bond motifs is 1. The summed E-state index contributed by atoms with van der Waals surface area (Å²) in [6, 6.07) is 23.6. The van der Waals surface area contributed by atoms with E-state index in [-0.39, 0.29) is 5.56 Å². The van der Waals surface area contributed by atoms with Crippen LogP contribution in [0.3, 0.4) is 0 Å². The van der Waals surface area contributed by atoms with Gasteiger partial charge in [-0.2, -0.15) is 4.72 Å². The third-order valence-electron chi connectivity index (χ3n) is 5.89. The topological polar surface area (TPSA) is 117 Å². The van der Waals surface area contributed by atoms with Crippen LogP contribution >= 0.6 is 11.6 Å². The second kappa shape index (κ2) is 12.2. The minimum Gasteiger partial charge on any atom is -0.271 e. The van der Waals surface area contributed by atoms with E-state index in [2.05, 4.69) is 20.6 Å². The molecule has 39 heavy (non-hydrogen) atoms. The van der Waals surface area contributed by atoms with Gasteiger partial charge in [-0.25, -0.2) is 13.4 Å². The summed E-state index contributed by atoms with van der Waals surface area (Å²) < 4.78 is 27.7. The zero-order valence-electron chi connectivity index (χ0n) is 21.3. The molecule has 0 radical (unpaired) electrons. The average Bonchev–Trinajstić information content (AvgIpc) is 2.93. The van der Waals surface area contributed by atoms with Gasteiger partial charge in [-0.05, 0) is 35.8 Å². The molecular weight excluding hydrogens is 536 g/mol. The minimum atomic E-state index is -3.95. The third kappa shape index (κ3) is 7.08. The molecule has 0 fully saturated rings. The predicted molar refractivity (Wildman–Crippen MR) is 154 cm³/mol. The number of sulfonamides is 1. The summed E-state index contributed by atoms with van der Waals surface area (Å²) in [4.78, 5) is 30.8. The number of carbonyl (C=O) groups excluding carboxylic acids is 2. The van der Waals surface area contributed by atoms with Gasteiger partial charge in [0.15, 0.2) is 0 Å². The average molecular weight is 563 g/mol. The van der Waals surface area contributed by atoms with Gasteiger partial charge in [0.2, 0.25) is 10.0 Å². The summed E-state index contributed by atoms with van der Waals surface area (Å²) in [5.74, 6) is -1.71. The molecule has 0 bridgehead atoms. The van der Waals surface area contributed by atoms with E-state index in [1.165, 1.54) is 6.08 Å². The Morgan fingerprint density at radius 2 is 1.56 bits per heavy atom. The first-order valence-electron chi connectivity index (χ1n) is 12.1. The van der Waals surface area contributed by atoms with Crippen molar-refractivity contribution in [3.05, 3.63) is 106 Å². The maximum Gasteiger partial charge on any atom is 0.270 e. The van der Waals surface area contributed by atoms with Crippen LogP contribution in [0, 0.1) is 5.92 Å². The molecule has 200 valence electrons. The Morgan fingerprint density at radius 1 is 0.897 bits per heavy atom. The highest BCUT2D eigenvalue weighted by Gasteiger charge is 2.27.